The zero-order valence-corrected chi connectivity index (χ0v) is 14.0. The van der Waals surface area contributed by atoms with Crippen molar-refractivity contribution in [2.24, 2.45) is 0 Å². The van der Waals surface area contributed by atoms with Crippen molar-refractivity contribution in [3.63, 3.8) is 0 Å². The summed E-state index contributed by atoms with van der Waals surface area (Å²) in [5.74, 6) is -0.167. The first-order valence-electron chi connectivity index (χ1n) is 8.48. The van der Waals surface area contributed by atoms with Crippen LogP contribution in [-0.2, 0) is 16.0 Å². The fourth-order valence-corrected chi connectivity index (χ4v) is 2.93. The number of amides is 2. The molecule has 0 aliphatic carbocycles. The highest BCUT2D eigenvalue weighted by molar-refractivity contribution is 5.95. The molecule has 1 aliphatic rings. The van der Waals surface area contributed by atoms with Gasteiger partial charge in [-0.25, -0.2) is 0 Å². The van der Waals surface area contributed by atoms with Crippen LogP contribution < -0.4 is 10.2 Å². The summed E-state index contributed by atoms with van der Waals surface area (Å²) >= 11 is 0. The second-order valence-electron chi connectivity index (χ2n) is 5.94. The topological polar surface area (TPSA) is 62.3 Å². The van der Waals surface area contributed by atoms with Gasteiger partial charge in [-0.05, 0) is 42.2 Å². The third kappa shape index (κ3) is 4.53. The minimum absolute atomic E-state index is 0.0451. The summed E-state index contributed by atoms with van der Waals surface area (Å²) in [5.41, 5.74) is 3.07. The van der Waals surface area contributed by atoms with Crippen molar-refractivity contribution in [1.82, 2.24) is 10.3 Å². The Bertz CT molecular complexity index is 772. The van der Waals surface area contributed by atoms with Gasteiger partial charge in [-0.2, -0.15) is 0 Å². The van der Waals surface area contributed by atoms with Crippen molar-refractivity contribution in [2.45, 2.75) is 19.3 Å². The van der Waals surface area contributed by atoms with Crippen molar-refractivity contribution in [3.05, 3.63) is 66.0 Å². The maximum absolute atomic E-state index is 12.5. The van der Waals surface area contributed by atoms with Gasteiger partial charge in [0.05, 0.1) is 0 Å². The molecule has 5 nitrogen and oxygen atoms in total. The number of benzene rings is 1. The molecule has 1 N–H and O–H groups in total. The summed E-state index contributed by atoms with van der Waals surface area (Å²) in [6, 6.07) is 11.7. The number of aromatic nitrogens is 1. The molecule has 1 aliphatic heterocycles. The molecular formula is C20H21N3O2. The SMILES string of the molecule is O=C(/C=C/c1cccnc1)NCCC(=O)N1CCCc2ccccc21. The highest BCUT2D eigenvalue weighted by Crippen LogP contribution is 2.26. The molecule has 0 unspecified atom stereocenters. The van der Waals surface area contributed by atoms with E-state index in [1.165, 1.54) is 11.6 Å². The molecule has 0 radical (unpaired) electrons. The number of aryl methyl sites for hydroxylation is 1. The van der Waals surface area contributed by atoms with Crippen LogP contribution in [0.1, 0.15) is 24.0 Å². The lowest BCUT2D eigenvalue weighted by atomic mass is 10.0. The van der Waals surface area contributed by atoms with Gasteiger partial charge in [0.2, 0.25) is 11.8 Å². The Kier molecular flexibility index (Phi) is 5.57. The lowest BCUT2D eigenvalue weighted by Gasteiger charge is -2.29. The minimum Gasteiger partial charge on any atom is -0.352 e. The zero-order chi connectivity index (χ0) is 17.5. The van der Waals surface area contributed by atoms with E-state index in [4.69, 9.17) is 0 Å². The molecule has 2 amide bonds. The average molecular weight is 335 g/mol. The van der Waals surface area contributed by atoms with Crippen LogP contribution in [0.25, 0.3) is 6.08 Å². The second-order valence-corrected chi connectivity index (χ2v) is 5.94. The van der Waals surface area contributed by atoms with E-state index in [1.807, 2.05) is 35.2 Å². The minimum atomic E-state index is -0.212. The van der Waals surface area contributed by atoms with Crippen molar-refractivity contribution in [1.29, 1.82) is 0 Å². The fourth-order valence-electron chi connectivity index (χ4n) is 2.93. The standard InChI is InChI=1S/C20H21N3O2/c24-19(10-9-16-5-3-12-21-15-16)22-13-11-20(25)23-14-4-7-17-6-1-2-8-18(17)23/h1-3,5-6,8-10,12,15H,4,7,11,13-14H2,(H,22,24)/b10-9+. The van der Waals surface area contributed by atoms with Gasteiger partial charge < -0.3 is 10.2 Å². The third-order valence-corrected chi connectivity index (χ3v) is 4.16. The molecule has 0 fully saturated rings. The average Bonchev–Trinajstić information content (AvgIpc) is 2.66. The summed E-state index contributed by atoms with van der Waals surface area (Å²) in [6.07, 6.45) is 8.80. The summed E-state index contributed by atoms with van der Waals surface area (Å²) in [5, 5.41) is 2.75. The van der Waals surface area contributed by atoms with Crippen LogP contribution >= 0.6 is 0 Å². The predicted octanol–water partition coefficient (Wildman–Crippen LogP) is 2.58. The zero-order valence-electron chi connectivity index (χ0n) is 14.0. The van der Waals surface area contributed by atoms with Crippen LogP contribution in [0.3, 0.4) is 0 Å². The Morgan fingerprint density at radius 3 is 2.92 bits per heavy atom. The number of carbonyl (C=O) groups is 2. The van der Waals surface area contributed by atoms with Gasteiger partial charge >= 0.3 is 0 Å². The van der Waals surface area contributed by atoms with Crippen molar-refractivity contribution in [3.8, 4) is 0 Å². The first-order valence-corrected chi connectivity index (χ1v) is 8.48. The summed E-state index contributed by atoms with van der Waals surface area (Å²) in [4.78, 5) is 30.1. The number of rotatable bonds is 5. The Hall–Kier alpha value is -2.95. The molecule has 0 spiro atoms. The number of para-hydroxylation sites is 1. The quantitative estimate of drug-likeness (QED) is 0.854. The maximum Gasteiger partial charge on any atom is 0.244 e. The molecule has 1 aromatic heterocycles. The molecule has 0 bridgehead atoms. The van der Waals surface area contributed by atoms with Gasteiger partial charge in [0.25, 0.3) is 0 Å². The molecule has 1 aromatic carbocycles. The maximum atomic E-state index is 12.5. The number of hydrogen-bond donors (Lipinski definition) is 1. The van der Waals surface area contributed by atoms with Crippen molar-refractivity contribution >= 4 is 23.6 Å². The van der Waals surface area contributed by atoms with E-state index in [9.17, 15) is 9.59 Å². The lowest BCUT2D eigenvalue weighted by Crippen LogP contribution is -2.37. The van der Waals surface area contributed by atoms with Gasteiger partial charge in [-0.1, -0.05) is 24.3 Å². The molecular weight excluding hydrogens is 314 g/mol. The van der Waals surface area contributed by atoms with Crippen LogP contribution in [0.5, 0.6) is 0 Å². The van der Waals surface area contributed by atoms with Crippen LogP contribution in [0.15, 0.2) is 54.9 Å². The Balaban J connectivity index is 1.49. The van der Waals surface area contributed by atoms with Gasteiger partial charge in [0.15, 0.2) is 0 Å². The smallest absolute Gasteiger partial charge is 0.244 e. The van der Waals surface area contributed by atoms with E-state index in [2.05, 4.69) is 16.4 Å². The third-order valence-electron chi connectivity index (χ3n) is 4.16. The van der Waals surface area contributed by atoms with E-state index in [0.29, 0.717) is 13.0 Å². The highest BCUT2D eigenvalue weighted by Gasteiger charge is 2.21. The molecule has 3 rings (SSSR count). The number of carbonyl (C=O) groups excluding carboxylic acids is 2. The van der Waals surface area contributed by atoms with E-state index >= 15 is 0 Å². The molecule has 25 heavy (non-hydrogen) atoms. The molecule has 0 atom stereocenters. The van der Waals surface area contributed by atoms with Gasteiger partial charge in [0.1, 0.15) is 0 Å². The number of fused-ring (bicyclic) bond motifs is 1. The second kappa shape index (κ2) is 8.24. The summed E-state index contributed by atoms with van der Waals surface area (Å²) in [6.45, 7) is 1.07. The summed E-state index contributed by atoms with van der Waals surface area (Å²) < 4.78 is 0. The highest BCUT2D eigenvalue weighted by atomic mass is 16.2. The van der Waals surface area contributed by atoms with Crippen molar-refractivity contribution < 1.29 is 9.59 Å². The van der Waals surface area contributed by atoms with Gasteiger partial charge in [-0.3, -0.25) is 14.6 Å². The first-order chi connectivity index (χ1) is 12.2. The molecule has 0 saturated carbocycles. The van der Waals surface area contributed by atoms with Crippen LogP contribution in [-0.4, -0.2) is 29.9 Å². The predicted molar refractivity (Wildman–Crippen MR) is 98.0 cm³/mol. The monoisotopic (exact) mass is 335 g/mol. The lowest BCUT2D eigenvalue weighted by molar-refractivity contribution is -0.119. The number of pyridine rings is 1. The Labute approximate surface area is 147 Å². The largest absolute Gasteiger partial charge is 0.352 e. The number of nitrogens with zero attached hydrogens (tertiary/aromatic N) is 2. The molecule has 2 heterocycles. The van der Waals surface area contributed by atoms with E-state index in [0.717, 1.165) is 30.6 Å². The Morgan fingerprint density at radius 2 is 2.08 bits per heavy atom. The molecule has 128 valence electrons. The van der Waals surface area contributed by atoms with Crippen LogP contribution in [0, 0.1) is 0 Å². The summed E-state index contributed by atoms with van der Waals surface area (Å²) in [7, 11) is 0. The molecule has 0 saturated heterocycles. The van der Waals surface area contributed by atoms with E-state index in [1.54, 1.807) is 18.5 Å². The van der Waals surface area contributed by atoms with Gasteiger partial charge in [0, 0.05) is 43.7 Å². The van der Waals surface area contributed by atoms with Crippen molar-refractivity contribution in [2.75, 3.05) is 18.0 Å². The fraction of sp³-hybridized carbons (Fsp3) is 0.250. The first kappa shape index (κ1) is 16.9. The number of anilines is 1. The van der Waals surface area contributed by atoms with Crippen LogP contribution in [0.4, 0.5) is 5.69 Å². The van der Waals surface area contributed by atoms with E-state index in [-0.39, 0.29) is 11.8 Å². The molecule has 5 heteroatoms. The Morgan fingerprint density at radius 1 is 1.20 bits per heavy atom. The number of nitrogens with one attached hydrogen (secondary N) is 1. The van der Waals surface area contributed by atoms with Crippen LogP contribution in [0.2, 0.25) is 0 Å². The van der Waals surface area contributed by atoms with Gasteiger partial charge in [-0.15, -0.1) is 0 Å². The normalized spacial score (nSPS) is 13.5. The van der Waals surface area contributed by atoms with E-state index < -0.39 is 0 Å². The molecule has 2 aromatic rings. The number of hydrogen-bond acceptors (Lipinski definition) is 3.